The average molecular weight is 1140 g/mol. The molecule has 474 valence electrons. The van der Waals surface area contributed by atoms with E-state index in [1.165, 1.54) is 180 Å². The molecule has 6 atom stereocenters. The molecular formula is C70H134O10. The van der Waals surface area contributed by atoms with Crippen LogP contribution in [0.25, 0.3) is 0 Å². The predicted octanol–water partition coefficient (Wildman–Crippen LogP) is 18.1. The van der Waals surface area contributed by atoms with Crippen molar-refractivity contribution in [3.05, 3.63) is 0 Å². The Kier molecular flexibility index (Phi) is 54.2. The number of aliphatic hydroxyl groups excluding tert-OH is 4. The average Bonchev–Trinajstić information content (AvgIpc) is 3.66. The monoisotopic (exact) mass is 1130 g/mol. The molecule has 0 bridgehead atoms. The molecular weight excluding hydrogens is 1000 g/mol. The lowest BCUT2D eigenvalue weighted by molar-refractivity contribution is -0.202. The zero-order valence-corrected chi connectivity index (χ0v) is 53.2. The molecule has 0 aromatic heterocycles. The summed E-state index contributed by atoms with van der Waals surface area (Å²) in [4.78, 5) is 57.1. The van der Waals surface area contributed by atoms with Crippen molar-refractivity contribution in [2.75, 3.05) is 0 Å². The molecule has 10 nitrogen and oxygen atoms in total. The van der Waals surface area contributed by atoms with Gasteiger partial charge in [-0.1, -0.05) is 349 Å². The number of rotatable bonds is 65. The Morgan fingerprint density at radius 1 is 0.250 bits per heavy atom. The van der Waals surface area contributed by atoms with Gasteiger partial charge in [-0.3, -0.25) is 19.2 Å². The fourth-order valence-corrected chi connectivity index (χ4v) is 11.8. The minimum absolute atomic E-state index is 0.104. The second-order valence-corrected chi connectivity index (χ2v) is 25.1. The van der Waals surface area contributed by atoms with Gasteiger partial charge in [-0.05, 0) is 25.7 Å². The summed E-state index contributed by atoms with van der Waals surface area (Å²) in [6, 6.07) is 0. The molecule has 0 aliphatic rings. The summed E-state index contributed by atoms with van der Waals surface area (Å²) in [5.74, 6) is -5.14. The van der Waals surface area contributed by atoms with Crippen molar-refractivity contribution >= 4 is 23.1 Å². The third-order valence-corrected chi connectivity index (χ3v) is 17.5. The molecule has 0 aromatic carbocycles. The largest absolute Gasteiger partial charge is 0.386 e. The van der Waals surface area contributed by atoms with Crippen LogP contribution in [0, 0.1) is 0 Å². The van der Waals surface area contributed by atoms with E-state index in [2.05, 4.69) is 27.7 Å². The van der Waals surface area contributed by atoms with Crippen molar-refractivity contribution in [2.45, 2.75) is 423 Å². The minimum atomic E-state index is -3.43. The van der Waals surface area contributed by atoms with E-state index in [-0.39, 0.29) is 38.5 Å². The van der Waals surface area contributed by atoms with Crippen molar-refractivity contribution in [1.29, 1.82) is 0 Å². The molecule has 0 aromatic rings. The first kappa shape index (κ1) is 78.4. The first-order valence-electron chi connectivity index (χ1n) is 35.1. The van der Waals surface area contributed by atoms with Gasteiger partial charge in [0.2, 0.25) is 22.8 Å². The molecule has 0 aliphatic heterocycles. The lowest BCUT2D eigenvalue weighted by Crippen LogP contribution is -2.70. The smallest absolute Gasteiger partial charge is 0.212 e. The summed E-state index contributed by atoms with van der Waals surface area (Å²) in [5, 5.41) is 71.3. The Bertz CT molecular complexity index is 1320. The van der Waals surface area contributed by atoms with E-state index in [1.807, 2.05) is 0 Å². The molecule has 0 aliphatic carbocycles. The number of hydrogen-bond acceptors (Lipinski definition) is 10. The number of carbonyl (C=O) groups excluding carboxylic acids is 4. The van der Waals surface area contributed by atoms with Gasteiger partial charge in [0.15, 0.2) is 11.6 Å². The lowest BCUT2D eigenvalue weighted by Gasteiger charge is -2.40. The zero-order valence-electron chi connectivity index (χ0n) is 53.2. The van der Waals surface area contributed by atoms with Gasteiger partial charge in [0.1, 0.15) is 24.4 Å². The van der Waals surface area contributed by atoms with Crippen LogP contribution in [-0.4, -0.2) is 89.4 Å². The van der Waals surface area contributed by atoms with Gasteiger partial charge in [-0.2, -0.15) is 0 Å². The zero-order chi connectivity index (χ0) is 59.2. The van der Waals surface area contributed by atoms with Gasteiger partial charge >= 0.3 is 0 Å². The van der Waals surface area contributed by atoms with Crippen LogP contribution in [0.4, 0.5) is 0 Å². The van der Waals surface area contributed by atoms with Crippen LogP contribution in [-0.2, 0) is 19.2 Å². The number of carbonyl (C=O) groups is 4. The van der Waals surface area contributed by atoms with Crippen LogP contribution in [0.3, 0.4) is 0 Å². The van der Waals surface area contributed by atoms with Crippen molar-refractivity contribution in [3.8, 4) is 0 Å². The number of unbranched alkanes of at least 4 members (excludes halogenated alkanes) is 48. The van der Waals surface area contributed by atoms with Gasteiger partial charge in [-0.25, -0.2) is 0 Å². The summed E-state index contributed by atoms with van der Waals surface area (Å²) in [6.45, 7) is 8.90. The van der Waals surface area contributed by atoms with Gasteiger partial charge in [0.25, 0.3) is 0 Å². The molecule has 0 radical (unpaired) electrons. The number of hydrogen-bond donors (Lipinski definition) is 6. The standard InChI is InChI=1S/C70H134O10/c1-5-9-13-17-21-25-29-33-37-41-45-49-53-57-61(71)65(75)69(79,63(73)59-55-51-47-43-39-35-31-27-23-19-15-11-7-3)67(77)68(78)70(80,64(74)60-56-52-48-44-40-36-32-28-24-20-16-12-8-4)66(76)62(72)58-54-50-46-42-38-34-30-26-22-18-14-10-6-2/h61-62,67-68,71-72,77-80H,5-60H2,1-4H3/t61?,62?,67-,68-,69+,70+/m0/s1. The predicted molar refractivity (Wildman–Crippen MR) is 335 cm³/mol. The van der Waals surface area contributed by atoms with Crippen molar-refractivity contribution in [2.24, 2.45) is 0 Å². The molecule has 0 saturated carbocycles. The summed E-state index contributed by atoms with van der Waals surface area (Å²) in [6.07, 6.45) is 45.2. The fraction of sp³-hybridized carbons (Fsp3) is 0.943. The first-order valence-corrected chi connectivity index (χ1v) is 35.1. The SMILES string of the molecule is CCCCCCCCCCCCCCCC(=O)[C@@](O)(C(=O)C(O)CCCCCCCCCCCCCCC)[C@@H](O)[C@H](O)[C@@](O)(C(=O)CCCCCCCCCCCCCCC)C(=O)C(O)CCCCCCCCCCCCCCC. The Labute approximate surface area is 493 Å². The summed E-state index contributed by atoms with van der Waals surface area (Å²) in [7, 11) is 0. The topological polar surface area (TPSA) is 190 Å². The van der Waals surface area contributed by atoms with Crippen LogP contribution < -0.4 is 0 Å². The van der Waals surface area contributed by atoms with E-state index < -0.39 is 58.8 Å². The quantitative estimate of drug-likeness (QED) is 0.0252. The summed E-state index contributed by atoms with van der Waals surface area (Å²) >= 11 is 0. The second kappa shape index (κ2) is 55.3. The molecule has 0 heterocycles. The van der Waals surface area contributed by atoms with Gasteiger partial charge in [-0.15, -0.1) is 0 Å². The van der Waals surface area contributed by atoms with Crippen LogP contribution in [0.2, 0.25) is 0 Å². The molecule has 0 spiro atoms. The van der Waals surface area contributed by atoms with Crippen LogP contribution >= 0.6 is 0 Å². The third kappa shape index (κ3) is 38.4. The minimum Gasteiger partial charge on any atom is -0.386 e. The van der Waals surface area contributed by atoms with Crippen LogP contribution in [0.1, 0.15) is 387 Å². The molecule has 10 heteroatoms. The highest BCUT2D eigenvalue weighted by atomic mass is 16.4. The molecule has 2 unspecified atom stereocenters. The highest BCUT2D eigenvalue weighted by Crippen LogP contribution is 2.32. The van der Waals surface area contributed by atoms with Crippen molar-refractivity contribution in [3.63, 3.8) is 0 Å². The van der Waals surface area contributed by atoms with Gasteiger partial charge in [0, 0.05) is 12.8 Å². The Morgan fingerprint density at radius 3 is 0.575 bits per heavy atom. The third-order valence-electron chi connectivity index (χ3n) is 17.5. The Balaban J connectivity index is 6.07. The van der Waals surface area contributed by atoms with Gasteiger partial charge < -0.3 is 30.6 Å². The molecule has 0 saturated heterocycles. The molecule has 0 fully saturated rings. The van der Waals surface area contributed by atoms with Crippen molar-refractivity contribution in [1.82, 2.24) is 0 Å². The maximum absolute atomic E-state index is 14.3. The van der Waals surface area contributed by atoms with E-state index in [9.17, 15) is 49.8 Å². The fourth-order valence-electron chi connectivity index (χ4n) is 11.8. The van der Waals surface area contributed by atoms with E-state index in [0.717, 1.165) is 103 Å². The molecule has 80 heavy (non-hydrogen) atoms. The Morgan fingerprint density at radius 2 is 0.400 bits per heavy atom. The molecule has 0 amide bonds. The number of aliphatic hydroxyl groups is 6. The second-order valence-electron chi connectivity index (χ2n) is 25.1. The summed E-state index contributed by atoms with van der Waals surface area (Å²) < 4.78 is 0. The van der Waals surface area contributed by atoms with E-state index in [4.69, 9.17) is 0 Å². The maximum atomic E-state index is 14.3. The van der Waals surface area contributed by atoms with E-state index in [0.29, 0.717) is 38.5 Å². The van der Waals surface area contributed by atoms with Crippen LogP contribution in [0.5, 0.6) is 0 Å². The summed E-state index contributed by atoms with van der Waals surface area (Å²) in [5.41, 5.74) is -6.87. The highest BCUT2D eigenvalue weighted by molar-refractivity contribution is 6.15. The van der Waals surface area contributed by atoms with Gasteiger partial charge in [0.05, 0.1) is 0 Å². The number of ketones is 4. The number of Topliss-reactive ketones (excluding diaryl/α,β-unsaturated/α-hetero) is 4. The lowest BCUT2D eigenvalue weighted by atomic mass is 9.72. The van der Waals surface area contributed by atoms with E-state index in [1.54, 1.807) is 0 Å². The normalized spacial score (nSPS) is 14.9. The first-order chi connectivity index (χ1) is 38.8. The highest BCUT2D eigenvalue weighted by Gasteiger charge is 2.62. The van der Waals surface area contributed by atoms with E-state index >= 15 is 0 Å². The van der Waals surface area contributed by atoms with Crippen molar-refractivity contribution < 1.29 is 49.8 Å². The Hall–Kier alpha value is -1.56. The molecule has 6 N–H and O–H groups in total. The molecule has 0 rings (SSSR count). The maximum Gasteiger partial charge on any atom is 0.212 e. The van der Waals surface area contributed by atoms with Crippen LogP contribution in [0.15, 0.2) is 0 Å².